The van der Waals surface area contributed by atoms with Gasteiger partial charge in [0, 0.05) is 18.0 Å². The van der Waals surface area contributed by atoms with Gasteiger partial charge in [-0.3, -0.25) is 9.97 Å². The van der Waals surface area contributed by atoms with Crippen molar-refractivity contribution >= 4 is 17.1 Å². The predicted octanol–water partition coefficient (Wildman–Crippen LogP) is 2.64. The Bertz CT molecular complexity index is 574. The van der Waals surface area contributed by atoms with Crippen molar-refractivity contribution in [3.05, 3.63) is 42.2 Å². The summed E-state index contributed by atoms with van der Waals surface area (Å²) in [6, 6.07) is 3.91. The van der Waals surface area contributed by atoms with Gasteiger partial charge in [-0.15, -0.1) is 5.92 Å². The normalized spacial score (nSPS) is 9.40. The van der Waals surface area contributed by atoms with E-state index in [2.05, 4.69) is 28.4 Å². The van der Waals surface area contributed by atoms with Crippen LogP contribution < -0.4 is 0 Å². The third-order valence-electron chi connectivity index (χ3n) is 2.14. The van der Waals surface area contributed by atoms with Crippen LogP contribution in [0, 0.1) is 11.8 Å². The Morgan fingerprint density at radius 2 is 1.93 bits per heavy atom. The lowest BCUT2D eigenvalue weighted by atomic mass is 10.1. The Labute approximate surface area is 88.7 Å². The summed E-state index contributed by atoms with van der Waals surface area (Å²) < 4.78 is 0. The molecule has 0 bridgehead atoms. The van der Waals surface area contributed by atoms with E-state index in [0.717, 1.165) is 22.2 Å². The van der Waals surface area contributed by atoms with Crippen LogP contribution in [0.1, 0.15) is 18.1 Å². The highest BCUT2D eigenvalue weighted by Crippen LogP contribution is 2.18. The Morgan fingerprint density at radius 3 is 2.60 bits per heavy atom. The summed E-state index contributed by atoms with van der Waals surface area (Å²) in [7, 11) is 0. The van der Waals surface area contributed by atoms with Gasteiger partial charge in [-0.05, 0) is 13.0 Å². The second-order valence-electron chi connectivity index (χ2n) is 3.04. The fourth-order valence-corrected chi connectivity index (χ4v) is 1.48. The number of rotatable bonds is 1. The lowest BCUT2D eigenvalue weighted by molar-refractivity contribution is 1.28. The first-order valence-corrected chi connectivity index (χ1v) is 4.65. The fraction of sp³-hybridized carbons (Fsp3) is 0.0769. The van der Waals surface area contributed by atoms with E-state index in [4.69, 9.17) is 0 Å². The number of aromatic nitrogens is 2. The molecule has 0 unspecified atom stereocenters. The van der Waals surface area contributed by atoms with Gasteiger partial charge in [-0.2, -0.15) is 0 Å². The van der Waals surface area contributed by atoms with Gasteiger partial charge in [0.15, 0.2) is 0 Å². The molecule has 0 aliphatic carbocycles. The summed E-state index contributed by atoms with van der Waals surface area (Å²) in [4.78, 5) is 8.59. The molecule has 0 N–H and O–H groups in total. The molecule has 2 heteroatoms. The molecule has 0 fully saturated rings. The molecule has 0 saturated heterocycles. The summed E-state index contributed by atoms with van der Waals surface area (Å²) >= 11 is 0. The first-order chi connectivity index (χ1) is 7.36. The molecule has 15 heavy (non-hydrogen) atoms. The molecule has 72 valence electrons. The van der Waals surface area contributed by atoms with Crippen molar-refractivity contribution in [2.24, 2.45) is 0 Å². The van der Waals surface area contributed by atoms with Crippen molar-refractivity contribution in [3.63, 3.8) is 0 Å². The largest absolute Gasteiger partial charge is 0.252 e. The zero-order valence-corrected chi connectivity index (χ0v) is 8.49. The molecule has 0 amide bonds. The van der Waals surface area contributed by atoms with Gasteiger partial charge < -0.3 is 0 Å². The van der Waals surface area contributed by atoms with E-state index in [1.54, 1.807) is 18.5 Å². The monoisotopic (exact) mass is 194 g/mol. The standard InChI is InChI=1S/C13H10N2/c1-3-5-11-7-6-10(4-2)12-13(11)15-9-8-14-12/h4,6-9H,2H2,1H3. The van der Waals surface area contributed by atoms with Gasteiger partial charge in [0.2, 0.25) is 0 Å². The first-order valence-electron chi connectivity index (χ1n) is 4.65. The number of fused-ring (bicyclic) bond motifs is 1. The number of nitrogens with zero attached hydrogens (tertiary/aromatic N) is 2. The van der Waals surface area contributed by atoms with Gasteiger partial charge in [-0.1, -0.05) is 24.6 Å². The average Bonchev–Trinajstić information content (AvgIpc) is 2.30. The van der Waals surface area contributed by atoms with E-state index in [1.807, 2.05) is 19.1 Å². The minimum absolute atomic E-state index is 0.837. The van der Waals surface area contributed by atoms with Gasteiger partial charge in [0.05, 0.1) is 11.1 Å². The van der Waals surface area contributed by atoms with Crippen LogP contribution in [-0.2, 0) is 0 Å². The van der Waals surface area contributed by atoms with E-state index < -0.39 is 0 Å². The van der Waals surface area contributed by atoms with Crippen LogP contribution in [0.5, 0.6) is 0 Å². The van der Waals surface area contributed by atoms with Crippen LogP contribution in [-0.4, -0.2) is 9.97 Å². The van der Waals surface area contributed by atoms with Gasteiger partial charge >= 0.3 is 0 Å². The fourth-order valence-electron chi connectivity index (χ4n) is 1.48. The molecule has 2 aromatic rings. The van der Waals surface area contributed by atoms with Gasteiger partial charge in [0.1, 0.15) is 5.52 Å². The number of benzene rings is 1. The van der Waals surface area contributed by atoms with E-state index in [1.165, 1.54) is 0 Å². The zero-order valence-electron chi connectivity index (χ0n) is 8.49. The van der Waals surface area contributed by atoms with Crippen LogP contribution in [0.2, 0.25) is 0 Å². The summed E-state index contributed by atoms with van der Waals surface area (Å²) in [5, 5.41) is 0. The lowest BCUT2D eigenvalue weighted by Gasteiger charge is -2.02. The highest BCUT2D eigenvalue weighted by molar-refractivity contribution is 5.88. The molecule has 0 radical (unpaired) electrons. The summed E-state index contributed by atoms with van der Waals surface area (Å²) in [6.45, 7) is 5.56. The number of hydrogen-bond donors (Lipinski definition) is 0. The molecule has 2 nitrogen and oxygen atoms in total. The van der Waals surface area contributed by atoms with E-state index in [0.29, 0.717) is 0 Å². The Morgan fingerprint density at radius 1 is 1.20 bits per heavy atom. The third kappa shape index (κ3) is 1.60. The predicted molar refractivity (Wildman–Crippen MR) is 62.2 cm³/mol. The second-order valence-corrected chi connectivity index (χ2v) is 3.04. The Hall–Kier alpha value is -2.14. The summed E-state index contributed by atoms with van der Waals surface area (Å²) in [5.41, 5.74) is 3.59. The van der Waals surface area contributed by atoms with E-state index >= 15 is 0 Å². The second kappa shape index (κ2) is 3.93. The van der Waals surface area contributed by atoms with Crippen LogP contribution in [0.25, 0.3) is 17.1 Å². The van der Waals surface area contributed by atoms with Crippen LogP contribution in [0.15, 0.2) is 31.1 Å². The minimum Gasteiger partial charge on any atom is -0.252 e. The Balaban J connectivity index is 2.86. The van der Waals surface area contributed by atoms with Gasteiger partial charge in [0.25, 0.3) is 0 Å². The molecule has 0 spiro atoms. The molecule has 0 atom stereocenters. The molecular weight excluding hydrogens is 184 g/mol. The molecule has 1 aromatic heterocycles. The quantitative estimate of drug-likeness (QED) is 0.652. The first kappa shape index (κ1) is 9.42. The maximum Gasteiger partial charge on any atom is 0.105 e. The number of hydrogen-bond acceptors (Lipinski definition) is 2. The Kier molecular flexibility index (Phi) is 2.47. The third-order valence-corrected chi connectivity index (χ3v) is 2.14. The van der Waals surface area contributed by atoms with Crippen molar-refractivity contribution in [3.8, 4) is 11.8 Å². The molecular formula is C13H10N2. The van der Waals surface area contributed by atoms with Crippen molar-refractivity contribution in [2.45, 2.75) is 6.92 Å². The smallest absolute Gasteiger partial charge is 0.105 e. The van der Waals surface area contributed by atoms with Crippen molar-refractivity contribution in [1.82, 2.24) is 9.97 Å². The highest BCUT2D eigenvalue weighted by atomic mass is 14.8. The van der Waals surface area contributed by atoms with Crippen molar-refractivity contribution < 1.29 is 0 Å². The van der Waals surface area contributed by atoms with Crippen molar-refractivity contribution in [2.75, 3.05) is 0 Å². The van der Waals surface area contributed by atoms with Crippen LogP contribution in [0.4, 0.5) is 0 Å². The maximum absolute atomic E-state index is 4.30. The average molecular weight is 194 g/mol. The van der Waals surface area contributed by atoms with Crippen molar-refractivity contribution in [1.29, 1.82) is 0 Å². The highest BCUT2D eigenvalue weighted by Gasteiger charge is 2.03. The molecule has 2 rings (SSSR count). The van der Waals surface area contributed by atoms with E-state index in [9.17, 15) is 0 Å². The lowest BCUT2D eigenvalue weighted by Crippen LogP contribution is -1.89. The molecule has 1 heterocycles. The molecule has 0 saturated carbocycles. The molecule has 1 aromatic carbocycles. The van der Waals surface area contributed by atoms with Gasteiger partial charge in [-0.25, -0.2) is 0 Å². The molecule has 0 aliphatic rings. The summed E-state index contributed by atoms with van der Waals surface area (Å²) in [5.74, 6) is 5.89. The maximum atomic E-state index is 4.30. The minimum atomic E-state index is 0.837. The van der Waals surface area contributed by atoms with Crippen LogP contribution in [0.3, 0.4) is 0 Å². The van der Waals surface area contributed by atoms with Crippen LogP contribution >= 0.6 is 0 Å². The zero-order chi connectivity index (χ0) is 10.7. The SMILES string of the molecule is C=Cc1ccc(C#CC)c2nccnc12. The summed E-state index contributed by atoms with van der Waals surface area (Å²) in [6.07, 6.45) is 5.13. The topological polar surface area (TPSA) is 25.8 Å². The van der Waals surface area contributed by atoms with E-state index in [-0.39, 0.29) is 0 Å². The molecule has 0 aliphatic heterocycles.